The van der Waals surface area contributed by atoms with Crippen LogP contribution < -0.4 is 10.6 Å². The molecule has 118 valence electrons. The Bertz CT molecular complexity index is 482. The molecule has 0 saturated heterocycles. The lowest BCUT2D eigenvalue weighted by molar-refractivity contribution is 0.349. The van der Waals surface area contributed by atoms with Crippen LogP contribution in [0.4, 0.5) is 11.6 Å². The average molecular weight is 290 g/mol. The molecule has 2 N–H and O–H groups in total. The molecule has 1 heterocycles. The summed E-state index contributed by atoms with van der Waals surface area (Å²) in [6.45, 7) is 12.0. The number of nitrogens with one attached hydrogen (secondary N) is 2. The molecule has 1 fully saturated rings. The summed E-state index contributed by atoms with van der Waals surface area (Å²) in [7, 11) is 0. The standard InChI is InChI=1S/C17H30N4/c1-6-9-14-20-15(18-7-2)12(3)16(21-14)19-13-10-8-11-17(13,4)5/h13H,6-11H2,1-5H3,(H2,18,19,20,21). The third kappa shape index (κ3) is 3.66. The van der Waals surface area contributed by atoms with E-state index >= 15 is 0 Å². The predicted molar refractivity (Wildman–Crippen MR) is 90.0 cm³/mol. The number of anilines is 2. The molecule has 1 aromatic rings. The van der Waals surface area contributed by atoms with Crippen LogP contribution in [0.15, 0.2) is 0 Å². The SMILES string of the molecule is CCCc1nc(NCC)c(C)c(NC2CCCC2(C)C)n1. The summed E-state index contributed by atoms with van der Waals surface area (Å²) >= 11 is 0. The van der Waals surface area contributed by atoms with Crippen LogP contribution in [-0.4, -0.2) is 22.6 Å². The molecule has 2 rings (SSSR count). The second-order valence-corrected chi connectivity index (χ2v) is 6.82. The third-order valence-corrected chi connectivity index (χ3v) is 4.58. The van der Waals surface area contributed by atoms with Crippen LogP contribution in [0.1, 0.15) is 64.8 Å². The third-order valence-electron chi connectivity index (χ3n) is 4.58. The smallest absolute Gasteiger partial charge is 0.135 e. The molecule has 0 amide bonds. The fourth-order valence-electron chi connectivity index (χ4n) is 3.14. The molecule has 0 radical (unpaired) electrons. The quantitative estimate of drug-likeness (QED) is 0.826. The van der Waals surface area contributed by atoms with Gasteiger partial charge in [0.2, 0.25) is 0 Å². The Balaban J connectivity index is 2.28. The van der Waals surface area contributed by atoms with Crippen molar-refractivity contribution in [3.05, 3.63) is 11.4 Å². The van der Waals surface area contributed by atoms with Gasteiger partial charge in [-0.05, 0) is 38.5 Å². The molecule has 1 aromatic heterocycles. The molecule has 1 saturated carbocycles. The van der Waals surface area contributed by atoms with E-state index in [0.717, 1.165) is 42.4 Å². The molecule has 1 aliphatic carbocycles. The molecule has 0 aliphatic heterocycles. The highest BCUT2D eigenvalue weighted by Crippen LogP contribution is 2.39. The number of aromatic nitrogens is 2. The minimum absolute atomic E-state index is 0.348. The van der Waals surface area contributed by atoms with Crippen LogP contribution in [0, 0.1) is 12.3 Å². The molecule has 1 aliphatic rings. The van der Waals surface area contributed by atoms with Crippen LogP contribution in [0.3, 0.4) is 0 Å². The molecule has 0 spiro atoms. The molecule has 4 heteroatoms. The van der Waals surface area contributed by atoms with E-state index in [0.29, 0.717) is 11.5 Å². The first-order valence-electron chi connectivity index (χ1n) is 8.35. The summed E-state index contributed by atoms with van der Waals surface area (Å²) in [6, 6.07) is 0.509. The van der Waals surface area contributed by atoms with Crippen LogP contribution in [0.5, 0.6) is 0 Å². The van der Waals surface area contributed by atoms with Gasteiger partial charge in [-0.3, -0.25) is 0 Å². The van der Waals surface area contributed by atoms with Gasteiger partial charge in [-0.15, -0.1) is 0 Å². The lowest BCUT2D eigenvalue weighted by Gasteiger charge is -2.29. The monoisotopic (exact) mass is 290 g/mol. The van der Waals surface area contributed by atoms with Gasteiger partial charge < -0.3 is 10.6 Å². The lowest BCUT2D eigenvalue weighted by Crippen LogP contribution is -2.31. The van der Waals surface area contributed by atoms with Gasteiger partial charge in [0.25, 0.3) is 0 Å². The Morgan fingerprint density at radius 2 is 1.90 bits per heavy atom. The molecule has 4 nitrogen and oxygen atoms in total. The van der Waals surface area contributed by atoms with E-state index in [4.69, 9.17) is 4.98 Å². The van der Waals surface area contributed by atoms with Crippen LogP contribution in [0.25, 0.3) is 0 Å². The van der Waals surface area contributed by atoms with Crippen molar-refractivity contribution in [3.63, 3.8) is 0 Å². The van der Waals surface area contributed by atoms with Gasteiger partial charge in [0.15, 0.2) is 0 Å². The van der Waals surface area contributed by atoms with Crippen LogP contribution in [0.2, 0.25) is 0 Å². The molecular weight excluding hydrogens is 260 g/mol. The Labute approximate surface area is 129 Å². The van der Waals surface area contributed by atoms with Gasteiger partial charge >= 0.3 is 0 Å². The summed E-state index contributed by atoms with van der Waals surface area (Å²) < 4.78 is 0. The van der Waals surface area contributed by atoms with Crippen molar-refractivity contribution in [2.75, 3.05) is 17.2 Å². The Kier molecular flexibility index (Phi) is 5.07. The molecule has 0 bridgehead atoms. The first kappa shape index (κ1) is 16.1. The number of nitrogens with zero attached hydrogens (tertiary/aromatic N) is 2. The zero-order valence-corrected chi connectivity index (χ0v) is 14.2. The number of hydrogen-bond acceptors (Lipinski definition) is 4. The zero-order valence-electron chi connectivity index (χ0n) is 14.2. The molecule has 21 heavy (non-hydrogen) atoms. The molecule has 1 atom stereocenters. The maximum absolute atomic E-state index is 4.77. The maximum Gasteiger partial charge on any atom is 0.135 e. The topological polar surface area (TPSA) is 49.8 Å². The normalized spacial score (nSPS) is 20.5. The highest BCUT2D eigenvalue weighted by molar-refractivity contribution is 5.57. The highest BCUT2D eigenvalue weighted by Gasteiger charge is 2.35. The maximum atomic E-state index is 4.77. The Morgan fingerprint density at radius 1 is 1.19 bits per heavy atom. The number of hydrogen-bond donors (Lipinski definition) is 2. The first-order valence-corrected chi connectivity index (χ1v) is 8.35. The van der Waals surface area contributed by atoms with E-state index in [2.05, 4.69) is 50.2 Å². The predicted octanol–water partition coefficient (Wildman–Crippen LogP) is 4.16. The van der Waals surface area contributed by atoms with E-state index in [1.54, 1.807) is 0 Å². The van der Waals surface area contributed by atoms with Crippen LogP contribution >= 0.6 is 0 Å². The molecule has 1 unspecified atom stereocenters. The highest BCUT2D eigenvalue weighted by atomic mass is 15.1. The number of rotatable bonds is 6. The molecular formula is C17H30N4. The summed E-state index contributed by atoms with van der Waals surface area (Å²) in [5.41, 5.74) is 1.49. The largest absolute Gasteiger partial charge is 0.370 e. The van der Waals surface area contributed by atoms with Crippen molar-refractivity contribution < 1.29 is 0 Å². The summed E-state index contributed by atoms with van der Waals surface area (Å²) in [6.07, 6.45) is 5.83. The van der Waals surface area contributed by atoms with Crippen molar-refractivity contribution >= 4 is 11.6 Å². The van der Waals surface area contributed by atoms with Crippen molar-refractivity contribution in [1.29, 1.82) is 0 Å². The van der Waals surface area contributed by atoms with Gasteiger partial charge in [-0.2, -0.15) is 0 Å². The van der Waals surface area contributed by atoms with Crippen molar-refractivity contribution in [2.24, 2.45) is 5.41 Å². The zero-order chi connectivity index (χ0) is 15.5. The van der Waals surface area contributed by atoms with E-state index in [-0.39, 0.29) is 0 Å². The second kappa shape index (κ2) is 6.63. The van der Waals surface area contributed by atoms with Gasteiger partial charge in [0.05, 0.1) is 0 Å². The second-order valence-electron chi connectivity index (χ2n) is 6.82. The van der Waals surface area contributed by atoms with Crippen molar-refractivity contribution in [3.8, 4) is 0 Å². The van der Waals surface area contributed by atoms with Crippen molar-refractivity contribution in [2.45, 2.75) is 72.8 Å². The summed E-state index contributed by atoms with van der Waals surface area (Å²) in [5.74, 6) is 2.94. The summed E-state index contributed by atoms with van der Waals surface area (Å²) in [4.78, 5) is 9.43. The van der Waals surface area contributed by atoms with Gasteiger partial charge in [0.1, 0.15) is 17.5 Å². The van der Waals surface area contributed by atoms with Gasteiger partial charge in [-0.25, -0.2) is 9.97 Å². The fourth-order valence-corrected chi connectivity index (χ4v) is 3.14. The fraction of sp³-hybridized carbons (Fsp3) is 0.765. The minimum atomic E-state index is 0.348. The van der Waals surface area contributed by atoms with E-state index < -0.39 is 0 Å². The van der Waals surface area contributed by atoms with Crippen LogP contribution in [-0.2, 0) is 6.42 Å². The minimum Gasteiger partial charge on any atom is -0.370 e. The van der Waals surface area contributed by atoms with E-state index in [1.165, 1.54) is 19.3 Å². The summed E-state index contributed by atoms with van der Waals surface area (Å²) in [5, 5.41) is 7.08. The lowest BCUT2D eigenvalue weighted by atomic mass is 9.87. The van der Waals surface area contributed by atoms with E-state index in [1.807, 2.05) is 0 Å². The molecule has 0 aromatic carbocycles. The van der Waals surface area contributed by atoms with Gasteiger partial charge in [0, 0.05) is 24.6 Å². The first-order chi connectivity index (χ1) is 9.97. The number of aryl methyl sites for hydroxylation is 1. The Morgan fingerprint density at radius 3 is 2.48 bits per heavy atom. The van der Waals surface area contributed by atoms with Crippen molar-refractivity contribution in [1.82, 2.24) is 9.97 Å². The van der Waals surface area contributed by atoms with E-state index in [9.17, 15) is 0 Å². The van der Waals surface area contributed by atoms with Gasteiger partial charge in [-0.1, -0.05) is 27.2 Å². The average Bonchev–Trinajstić information content (AvgIpc) is 2.75. The Hall–Kier alpha value is -1.32.